The molecule has 0 radical (unpaired) electrons. The fourth-order valence-electron chi connectivity index (χ4n) is 4.32. The monoisotopic (exact) mass is 481 g/mol. The molecule has 4 aromatic heterocycles. The molecule has 5 heterocycles. The van der Waals surface area contributed by atoms with Crippen molar-refractivity contribution < 1.29 is 0 Å². The summed E-state index contributed by atoms with van der Waals surface area (Å²) in [7, 11) is 0. The molecule has 1 aliphatic rings. The van der Waals surface area contributed by atoms with Crippen LogP contribution in [0.5, 0.6) is 0 Å². The summed E-state index contributed by atoms with van der Waals surface area (Å²) in [6.07, 6.45) is 13.6. The van der Waals surface area contributed by atoms with E-state index in [1.807, 2.05) is 71.7 Å². The summed E-state index contributed by atoms with van der Waals surface area (Å²) in [4.78, 5) is 22.0. The maximum atomic E-state index is 13.3. The summed E-state index contributed by atoms with van der Waals surface area (Å²) in [5, 5.41) is 9.69. The van der Waals surface area contributed by atoms with Gasteiger partial charge in [-0.1, -0.05) is 29.8 Å². The van der Waals surface area contributed by atoms with Gasteiger partial charge in [0.25, 0.3) is 0 Å². The zero-order chi connectivity index (χ0) is 23.8. The van der Waals surface area contributed by atoms with Crippen LogP contribution < -0.4 is 5.69 Å². The molecular weight excluding hydrogens is 462 g/mol. The van der Waals surface area contributed by atoms with Gasteiger partial charge in [-0.25, -0.2) is 13.9 Å². The molecule has 0 aliphatic carbocycles. The Morgan fingerprint density at radius 3 is 2.51 bits per heavy atom. The van der Waals surface area contributed by atoms with Crippen LogP contribution in [-0.4, -0.2) is 35.2 Å². The first-order valence-corrected chi connectivity index (χ1v) is 11.6. The minimum atomic E-state index is -0.219. The van der Waals surface area contributed by atoms with Gasteiger partial charge in [0, 0.05) is 47.8 Å². The minimum absolute atomic E-state index is 0.0757. The second kappa shape index (κ2) is 8.81. The van der Waals surface area contributed by atoms with E-state index in [9.17, 15) is 4.79 Å². The predicted octanol–water partition coefficient (Wildman–Crippen LogP) is 4.67. The maximum Gasteiger partial charge on any atom is 0.350 e. The van der Waals surface area contributed by atoms with Gasteiger partial charge in [0.05, 0.1) is 18.3 Å². The first-order chi connectivity index (χ1) is 17.2. The number of aromatic nitrogens is 6. The van der Waals surface area contributed by atoms with Crippen molar-refractivity contribution in [2.75, 3.05) is 0 Å². The molecule has 0 amide bonds. The third kappa shape index (κ3) is 3.98. The quantitative estimate of drug-likeness (QED) is 0.365. The highest BCUT2D eigenvalue weighted by molar-refractivity contribution is 6.30. The normalized spacial score (nSPS) is 15.5. The van der Waals surface area contributed by atoms with Crippen LogP contribution in [0.1, 0.15) is 12.5 Å². The van der Waals surface area contributed by atoms with E-state index < -0.39 is 0 Å². The molecule has 1 unspecified atom stereocenters. The van der Waals surface area contributed by atoms with Crippen LogP contribution in [0.4, 0.5) is 0 Å². The summed E-state index contributed by atoms with van der Waals surface area (Å²) < 4.78 is 4.91. The third-order valence-corrected chi connectivity index (χ3v) is 6.31. The summed E-state index contributed by atoms with van der Waals surface area (Å²) in [6, 6.07) is 15.4. The Morgan fingerprint density at radius 2 is 1.80 bits per heavy atom. The average Bonchev–Trinajstić information content (AvgIpc) is 3.54. The summed E-state index contributed by atoms with van der Waals surface area (Å²) in [6.45, 7) is 0.287. The average molecular weight is 482 g/mol. The van der Waals surface area contributed by atoms with Crippen molar-refractivity contribution in [2.24, 2.45) is 4.99 Å². The summed E-state index contributed by atoms with van der Waals surface area (Å²) in [5.74, 6) is 0. The van der Waals surface area contributed by atoms with Crippen molar-refractivity contribution >= 4 is 23.5 Å². The van der Waals surface area contributed by atoms with Crippen molar-refractivity contribution in [3.63, 3.8) is 0 Å². The van der Waals surface area contributed by atoms with Crippen molar-refractivity contribution in [3.8, 4) is 22.3 Å². The van der Waals surface area contributed by atoms with Crippen LogP contribution >= 0.6 is 11.6 Å². The number of fused-ring (bicyclic) bond motifs is 1. The highest BCUT2D eigenvalue weighted by Gasteiger charge is 2.19. The molecule has 0 saturated heterocycles. The smallest absolute Gasteiger partial charge is 0.265 e. The van der Waals surface area contributed by atoms with Crippen LogP contribution in [0.15, 0.2) is 101 Å². The molecule has 6 rings (SSSR count). The topological polar surface area (TPSA) is 82.4 Å². The number of halogens is 1. The van der Waals surface area contributed by atoms with E-state index in [1.165, 1.54) is 4.68 Å². The molecule has 5 aromatic rings. The van der Waals surface area contributed by atoms with Crippen molar-refractivity contribution in [1.82, 2.24) is 28.9 Å². The summed E-state index contributed by atoms with van der Waals surface area (Å²) in [5.41, 5.74) is 4.86. The molecule has 1 aromatic carbocycles. The minimum Gasteiger partial charge on any atom is -0.265 e. The van der Waals surface area contributed by atoms with Gasteiger partial charge in [0.1, 0.15) is 0 Å². The van der Waals surface area contributed by atoms with E-state index in [0.29, 0.717) is 10.7 Å². The van der Waals surface area contributed by atoms with E-state index in [-0.39, 0.29) is 18.3 Å². The Hall–Kier alpha value is -4.30. The fourth-order valence-corrected chi connectivity index (χ4v) is 4.44. The van der Waals surface area contributed by atoms with Gasteiger partial charge < -0.3 is 0 Å². The molecule has 1 aliphatic heterocycles. The first-order valence-electron chi connectivity index (χ1n) is 11.2. The van der Waals surface area contributed by atoms with E-state index in [2.05, 4.69) is 15.1 Å². The molecule has 0 N–H and O–H groups in total. The number of rotatable bonds is 5. The van der Waals surface area contributed by atoms with Gasteiger partial charge in [0.15, 0.2) is 5.65 Å². The van der Waals surface area contributed by atoms with Crippen LogP contribution in [-0.2, 0) is 6.54 Å². The second-order valence-electron chi connectivity index (χ2n) is 8.24. The van der Waals surface area contributed by atoms with Crippen molar-refractivity contribution in [2.45, 2.75) is 19.0 Å². The Balaban J connectivity index is 1.42. The number of nitrogens with zero attached hydrogens (tertiary/aromatic N) is 7. The lowest BCUT2D eigenvalue weighted by atomic mass is 9.96. The number of aliphatic imine (C=N–C) groups is 1. The number of pyridine rings is 2. The van der Waals surface area contributed by atoms with Crippen LogP contribution in [0.3, 0.4) is 0 Å². The number of allylic oxidation sites excluding steroid dienone is 2. The van der Waals surface area contributed by atoms with E-state index in [4.69, 9.17) is 16.7 Å². The Labute approximate surface area is 205 Å². The standard InChI is InChI=1S/C26H20ClN7O/c27-20-4-2-18(3-5-20)23-10-15-32-25(24(23)19-8-12-28-13-9-19)31-34(26(32)35)17-21-6-7-22(16-29-21)33-14-1-11-30-33/h1-6,8-16,22H,7,17H2. The number of hydrogen-bond acceptors (Lipinski definition) is 5. The number of benzene rings is 1. The molecule has 0 fully saturated rings. The first kappa shape index (κ1) is 21.2. The lowest BCUT2D eigenvalue weighted by Crippen LogP contribution is -2.22. The van der Waals surface area contributed by atoms with Gasteiger partial charge in [-0.05, 0) is 59.5 Å². The number of hydrogen-bond donors (Lipinski definition) is 0. The fraction of sp³-hybridized carbons (Fsp3) is 0.115. The van der Waals surface area contributed by atoms with Gasteiger partial charge in [-0.3, -0.25) is 14.7 Å². The molecule has 0 spiro atoms. The molecule has 172 valence electrons. The SMILES string of the molecule is O=c1n(CC2=CCC(n3cccn3)C=N2)nc2c(-c3ccncc3)c(-c3ccc(Cl)cc3)ccn12. The zero-order valence-electron chi connectivity index (χ0n) is 18.6. The highest BCUT2D eigenvalue weighted by Crippen LogP contribution is 2.34. The zero-order valence-corrected chi connectivity index (χ0v) is 19.3. The molecular formula is C26H20ClN7O. The lowest BCUT2D eigenvalue weighted by molar-refractivity contribution is 0.564. The molecule has 9 heteroatoms. The second-order valence-corrected chi connectivity index (χ2v) is 8.68. The van der Waals surface area contributed by atoms with E-state index in [0.717, 1.165) is 34.4 Å². The molecule has 0 bridgehead atoms. The van der Waals surface area contributed by atoms with Crippen LogP contribution in [0.2, 0.25) is 5.02 Å². The highest BCUT2D eigenvalue weighted by atomic mass is 35.5. The predicted molar refractivity (Wildman–Crippen MR) is 136 cm³/mol. The van der Waals surface area contributed by atoms with Crippen molar-refractivity contribution in [3.05, 3.63) is 107 Å². The summed E-state index contributed by atoms with van der Waals surface area (Å²) >= 11 is 6.11. The molecule has 1 atom stereocenters. The molecule has 35 heavy (non-hydrogen) atoms. The van der Waals surface area contributed by atoms with E-state index in [1.54, 1.807) is 29.2 Å². The third-order valence-electron chi connectivity index (χ3n) is 6.06. The molecule has 0 saturated carbocycles. The van der Waals surface area contributed by atoms with Gasteiger partial charge >= 0.3 is 5.69 Å². The van der Waals surface area contributed by atoms with Gasteiger partial charge in [0.2, 0.25) is 0 Å². The van der Waals surface area contributed by atoms with Gasteiger partial charge in [-0.15, -0.1) is 5.10 Å². The van der Waals surface area contributed by atoms with E-state index >= 15 is 0 Å². The Kier molecular flexibility index (Phi) is 5.35. The van der Waals surface area contributed by atoms with Gasteiger partial charge in [-0.2, -0.15) is 5.10 Å². The lowest BCUT2D eigenvalue weighted by Gasteiger charge is -2.15. The largest absolute Gasteiger partial charge is 0.350 e. The maximum absolute atomic E-state index is 13.3. The Bertz CT molecular complexity index is 1610. The Morgan fingerprint density at radius 1 is 0.971 bits per heavy atom. The van der Waals surface area contributed by atoms with Crippen LogP contribution in [0, 0.1) is 0 Å². The molecule has 8 nitrogen and oxygen atoms in total. The van der Waals surface area contributed by atoms with Crippen LogP contribution in [0.25, 0.3) is 27.9 Å². The van der Waals surface area contributed by atoms with Crippen molar-refractivity contribution in [1.29, 1.82) is 0 Å².